The van der Waals surface area contributed by atoms with Crippen LogP contribution in [0.1, 0.15) is 28.8 Å². The predicted octanol–water partition coefficient (Wildman–Crippen LogP) is 5.43. The molecule has 0 spiro atoms. The average molecular weight is 516 g/mol. The SMILES string of the molecule is O=C(CCCOc1ccc(Cl)cc1Cl)NN=Cc1cccc(OC(=O)c2ccc([N+](=O)[O-])cc2)c1. The lowest BCUT2D eigenvalue weighted by Crippen LogP contribution is -2.18. The van der Waals surface area contributed by atoms with E-state index in [9.17, 15) is 19.7 Å². The number of nitro benzene ring substituents is 1. The first-order valence-corrected chi connectivity index (χ1v) is 11.0. The molecule has 0 aromatic heterocycles. The number of esters is 1. The average Bonchev–Trinajstić information content (AvgIpc) is 2.83. The molecule has 0 saturated carbocycles. The Hall–Kier alpha value is -3.95. The van der Waals surface area contributed by atoms with Crippen molar-refractivity contribution >= 4 is 47.0 Å². The molecule has 1 amide bonds. The molecule has 11 heteroatoms. The molecule has 1 N–H and O–H groups in total. The molecular weight excluding hydrogens is 497 g/mol. The number of hydrogen-bond donors (Lipinski definition) is 1. The van der Waals surface area contributed by atoms with Crippen molar-refractivity contribution in [3.63, 3.8) is 0 Å². The van der Waals surface area contributed by atoms with Gasteiger partial charge >= 0.3 is 5.97 Å². The molecule has 0 atom stereocenters. The molecule has 0 saturated heterocycles. The van der Waals surface area contributed by atoms with E-state index in [4.69, 9.17) is 32.7 Å². The third kappa shape index (κ3) is 8.09. The number of nitrogens with one attached hydrogen (secondary N) is 1. The normalized spacial score (nSPS) is 10.7. The Morgan fingerprint density at radius 3 is 2.54 bits per heavy atom. The first-order valence-electron chi connectivity index (χ1n) is 10.3. The maximum absolute atomic E-state index is 12.3. The minimum Gasteiger partial charge on any atom is -0.492 e. The van der Waals surface area contributed by atoms with E-state index in [1.54, 1.807) is 42.5 Å². The summed E-state index contributed by atoms with van der Waals surface area (Å²) >= 11 is 11.9. The maximum atomic E-state index is 12.3. The van der Waals surface area contributed by atoms with E-state index in [1.165, 1.54) is 30.5 Å². The fourth-order valence-corrected chi connectivity index (χ4v) is 3.25. The highest BCUT2D eigenvalue weighted by Gasteiger charge is 2.12. The van der Waals surface area contributed by atoms with Gasteiger partial charge in [0.05, 0.1) is 28.3 Å². The molecule has 0 aliphatic rings. The predicted molar refractivity (Wildman–Crippen MR) is 131 cm³/mol. The van der Waals surface area contributed by atoms with Crippen molar-refractivity contribution in [1.82, 2.24) is 5.43 Å². The third-order valence-corrected chi connectivity index (χ3v) is 5.02. The topological polar surface area (TPSA) is 120 Å². The fourth-order valence-electron chi connectivity index (χ4n) is 2.79. The van der Waals surface area contributed by atoms with Gasteiger partial charge in [-0.1, -0.05) is 35.3 Å². The number of carbonyl (C=O) groups is 2. The summed E-state index contributed by atoms with van der Waals surface area (Å²) in [6.45, 7) is 0.292. The molecule has 0 heterocycles. The van der Waals surface area contributed by atoms with E-state index in [0.717, 1.165) is 0 Å². The summed E-state index contributed by atoms with van der Waals surface area (Å²) in [7, 11) is 0. The number of ether oxygens (including phenoxy) is 2. The lowest BCUT2D eigenvalue weighted by Gasteiger charge is -2.07. The van der Waals surface area contributed by atoms with Crippen molar-refractivity contribution in [1.29, 1.82) is 0 Å². The van der Waals surface area contributed by atoms with Gasteiger partial charge in [-0.2, -0.15) is 5.10 Å². The van der Waals surface area contributed by atoms with Crippen molar-refractivity contribution in [2.45, 2.75) is 12.8 Å². The van der Waals surface area contributed by atoms with Gasteiger partial charge in [-0.15, -0.1) is 0 Å². The Kier molecular flexibility index (Phi) is 9.16. The Bertz CT molecular complexity index is 1250. The van der Waals surface area contributed by atoms with Crippen LogP contribution in [0.5, 0.6) is 11.5 Å². The molecule has 0 bridgehead atoms. The van der Waals surface area contributed by atoms with Gasteiger partial charge in [0, 0.05) is 23.6 Å². The molecule has 0 aliphatic carbocycles. The van der Waals surface area contributed by atoms with Gasteiger partial charge in [-0.05, 0) is 54.4 Å². The summed E-state index contributed by atoms with van der Waals surface area (Å²) in [5.74, 6) is -0.220. The number of rotatable bonds is 10. The van der Waals surface area contributed by atoms with Gasteiger partial charge in [0.15, 0.2) is 0 Å². The number of hydrazone groups is 1. The molecule has 3 aromatic carbocycles. The molecule has 35 heavy (non-hydrogen) atoms. The van der Waals surface area contributed by atoms with Crippen molar-refractivity contribution < 1.29 is 24.0 Å². The molecule has 0 radical (unpaired) electrons. The Morgan fingerprint density at radius 2 is 1.83 bits per heavy atom. The number of hydrogen-bond acceptors (Lipinski definition) is 7. The van der Waals surface area contributed by atoms with Gasteiger partial charge < -0.3 is 9.47 Å². The molecule has 0 fully saturated rings. The highest BCUT2D eigenvalue weighted by molar-refractivity contribution is 6.35. The minimum atomic E-state index is -0.663. The fraction of sp³-hybridized carbons (Fsp3) is 0.125. The van der Waals surface area contributed by atoms with Crippen LogP contribution in [0, 0.1) is 10.1 Å². The zero-order valence-corrected chi connectivity index (χ0v) is 19.7. The Morgan fingerprint density at radius 1 is 1.06 bits per heavy atom. The highest BCUT2D eigenvalue weighted by atomic mass is 35.5. The number of amides is 1. The van der Waals surface area contributed by atoms with Crippen LogP contribution in [-0.4, -0.2) is 29.6 Å². The molecular formula is C24H19Cl2N3O6. The number of benzene rings is 3. The van der Waals surface area contributed by atoms with Crippen LogP contribution in [0.4, 0.5) is 5.69 Å². The second-order valence-electron chi connectivity index (χ2n) is 7.09. The summed E-state index contributed by atoms with van der Waals surface area (Å²) in [6, 6.07) is 16.5. The zero-order valence-electron chi connectivity index (χ0n) is 18.1. The van der Waals surface area contributed by atoms with E-state index in [-0.39, 0.29) is 29.3 Å². The second kappa shape index (κ2) is 12.5. The van der Waals surface area contributed by atoms with Crippen molar-refractivity contribution in [2.24, 2.45) is 5.10 Å². The molecule has 3 rings (SSSR count). The first kappa shape index (κ1) is 25.7. The summed E-state index contributed by atoms with van der Waals surface area (Å²) in [5.41, 5.74) is 3.05. The van der Waals surface area contributed by atoms with E-state index in [2.05, 4.69) is 10.5 Å². The van der Waals surface area contributed by atoms with Gasteiger partial charge in [0.1, 0.15) is 11.5 Å². The standard InChI is InChI=1S/C24H19Cl2N3O6/c25-18-8-11-22(21(26)14-18)34-12-2-5-23(30)28-27-15-16-3-1-4-20(13-16)35-24(31)17-6-9-19(10-7-17)29(32)33/h1,3-4,6-11,13-15H,2,5,12H2,(H,28,30). The number of carbonyl (C=O) groups excluding carboxylic acids is 2. The third-order valence-electron chi connectivity index (χ3n) is 4.49. The summed E-state index contributed by atoms with van der Waals surface area (Å²) in [6.07, 6.45) is 2.05. The summed E-state index contributed by atoms with van der Waals surface area (Å²) in [4.78, 5) is 34.4. The number of halogens is 2. The number of nitro groups is 1. The molecule has 0 unspecified atom stereocenters. The van der Waals surface area contributed by atoms with E-state index < -0.39 is 10.9 Å². The highest BCUT2D eigenvalue weighted by Crippen LogP contribution is 2.27. The van der Waals surface area contributed by atoms with Crippen LogP contribution in [0.3, 0.4) is 0 Å². The van der Waals surface area contributed by atoms with Gasteiger partial charge in [-0.25, -0.2) is 10.2 Å². The number of nitrogens with zero attached hydrogens (tertiary/aromatic N) is 2. The first-order chi connectivity index (χ1) is 16.8. The van der Waals surface area contributed by atoms with Crippen LogP contribution in [-0.2, 0) is 4.79 Å². The van der Waals surface area contributed by atoms with Crippen LogP contribution in [0.25, 0.3) is 0 Å². The smallest absolute Gasteiger partial charge is 0.343 e. The molecule has 9 nitrogen and oxygen atoms in total. The van der Waals surface area contributed by atoms with Crippen LogP contribution >= 0.6 is 23.2 Å². The Labute approximate surface area is 210 Å². The van der Waals surface area contributed by atoms with Crippen LogP contribution < -0.4 is 14.9 Å². The zero-order chi connectivity index (χ0) is 25.2. The second-order valence-corrected chi connectivity index (χ2v) is 7.93. The van der Waals surface area contributed by atoms with Crippen molar-refractivity contribution in [3.8, 4) is 11.5 Å². The van der Waals surface area contributed by atoms with E-state index in [0.29, 0.717) is 34.4 Å². The largest absolute Gasteiger partial charge is 0.492 e. The lowest BCUT2D eigenvalue weighted by atomic mass is 10.2. The molecule has 0 aliphatic heterocycles. The summed E-state index contributed by atoms with van der Waals surface area (Å²) in [5, 5.41) is 15.5. The molecule has 180 valence electrons. The summed E-state index contributed by atoms with van der Waals surface area (Å²) < 4.78 is 10.8. The van der Waals surface area contributed by atoms with Crippen LogP contribution in [0.15, 0.2) is 71.8 Å². The van der Waals surface area contributed by atoms with Gasteiger partial charge in [0.25, 0.3) is 5.69 Å². The number of non-ortho nitro benzene ring substituents is 1. The van der Waals surface area contributed by atoms with E-state index in [1.807, 2.05) is 0 Å². The molecule has 3 aromatic rings. The van der Waals surface area contributed by atoms with Crippen LogP contribution in [0.2, 0.25) is 10.0 Å². The maximum Gasteiger partial charge on any atom is 0.343 e. The Balaban J connectivity index is 1.44. The quantitative estimate of drug-likeness (QED) is 0.0958. The van der Waals surface area contributed by atoms with Crippen molar-refractivity contribution in [2.75, 3.05) is 6.61 Å². The monoisotopic (exact) mass is 515 g/mol. The van der Waals surface area contributed by atoms with E-state index >= 15 is 0 Å². The van der Waals surface area contributed by atoms with Crippen molar-refractivity contribution in [3.05, 3.63) is 98.0 Å². The van der Waals surface area contributed by atoms with Gasteiger partial charge in [-0.3, -0.25) is 14.9 Å². The van der Waals surface area contributed by atoms with Gasteiger partial charge in [0.2, 0.25) is 5.91 Å². The lowest BCUT2D eigenvalue weighted by molar-refractivity contribution is -0.384. The minimum absolute atomic E-state index is 0.125.